The van der Waals surface area contributed by atoms with E-state index in [4.69, 9.17) is 5.73 Å². The molecular weight excluding hydrogens is 284 g/mol. The summed E-state index contributed by atoms with van der Waals surface area (Å²) in [5.74, 6) is -0.101. The number of nitrogens with two attached hydrogens (primary N) is 1. The molecule has 0 aliphatic heterocycles. The maximum atomic E-state index is 11.9. The fraction of sp³-hybridized carbons (Fsp3) is 0.417. The topological polar surface area (TPSA) is 75.3 Å². The summed E-state index contributed by atoms with van der Waals surface area (Å²) in [6.07, 6.45) is 0. The Balaban J connectivity index is 2.86. The van der Waals surface area contributed by atoms with E-state index in [0.29, 0.717) is 6.54 Å². The van der Waals surface area contributed by atoms with Gasteiger partial charge in [-0.1, -0.05) is 29.8 Å². The van der Waals surface area contributed by atoms with Gasteiger partial charge in [0.15, 0.2) is 0 Å². The monoisotopic (exact) mass is 300 g/mol. The van der Waals surface area contributed by atoms with Crippen LogP contribution in [0.3, 0.4) is 0 Å². The Morgan fingerprint density at radius 2 is 2.18 bits per heavy atom. The normalized spacial score (nSPS) is 12.5. The first-order valence-electron chi connectivity index (χ1n) is 5.45. The zero-order valence-corrected chi connectivity index (χ0v) is 11.5. The number of carbonyl (C=O) groups excluding carboxylic acids is 1. The molecule has 0 fully saturated rings. The Bertz CT molecular complexity index is 407. The number of amides is 1. The first-order chi connectivity index (χ1) is 7.95. The van der Waals surface area contributed by atoms with Crippen molar-refractivity contribution in [1.82, 2.24) is 5.32 Å². The van der Waals surface area contributed by atoms with Gasteiger partial charge in [0.2, 0.25) is 0 Å². The zero-order valence-electron chi connectivity index (χ0n) is 9.90. The number of aromatic hydroxyl groups is 1. The molecule has 1 aromatic carbocycles. The summed E-state index contributed by atoms with van der Waals surface area (Å²) in [6.45, 7) is 4.34. The Morgan fingerprint density at radius 3 is 2.71 bits per heavy atom. The molecule has 4 nitrogen and oxygen atoms in total. The van der Waals surface area contributed by atoms with Gasteiger partial charge >= 0.3 is 0 Å². The zero-order chi connectivity index (χ0) is 13.0. The van der Waals surface area contributed by atoms with E-state index in [0.717, 1.165) is 4.47 Å². The highest BCUT2D eigenvalue weighted by atomic mass is 79.9. The average molecular weight is 301 g/mol. The average Bonchev–Trinajstić information content (AvgIpc) is 2.28. The van der Waals surface area contributed by atoms with E-state index in [1.807, 2.05) is 13.8 Å². The summed E-state index contributed by atoms with van der Waals surface area (Å²) in [7, 11) is 0. The number of rotatable bonds is 4. The molecule has 1 unspecified atom stereocenters. The number of carbonyl (C=O) groups is 1. The summed E-state index contributed by atoms with van der Waals surface area (Å²) in [4.78, 5) is 11.9. The van der Waals surface area contributed by atoms with Crippen molar-refractivity contribution in [2.75, 3.05) is 6.54 Å². The SMILES string of the molecule is CC(C)C(CN)NC(=O)c1cc(Br)ccc1O. The van der Waals surface area contributed by atoms with Gasteiger partial charge in [-0.05, 0) is 24.1 Å². The van der Waals surface area contributed by atoms with Crippen LogP contribution in [-0.2, 0) is 0 Å². The van der Waals surface area contributed by atoms with Gasteiger partial charge in [-0.3, -0.25) is 4.79 Å². The molecule has 94 valence electrons. The van der Waals surface area contributed by atoms with E-state index in [2.05, 4.69) is 21.2 Å². The molecule has 0 aliphatic carbocycles. The first-order valence-corrected chi connectivity index (χ1v) is 6.24. The van der Waals surface area contributed by atoms with E-state index in [1.165, 1.54) is 6.07 Å². The fourth-order valence-corrected chi connectivity index (χ4v) is 1.80. The molecule has 17 heavy (non-hydrogen) atoms. The maximum Gasteiger partial charge on any atom is 0.255 e. The van der Waals surface area contributed by atoms with Crippen LogP contribution in [0.15, 0.2) is 22.7 Å². The number of hydrogen-bond acceptors (Lipinski definition) is 3. The third-order valence-electron chi connectivity index (χ3n) is 2.58. The van der Waals surface area contributed by atoms with Crippen LogP contribution in [0.5, 0.6) is 5.75 Å². The molecule has 0 heterocycles. The fourth-order valence-electron chi connectivity index (χ4n) is 1.43. The number of phenolic OH excluding ortho intramolecular Hbond substituents is 1. The molecule has 0 aliphatic rings. The van der Waals surface area contributed by atoms with Crippen molar-refractivity contribution in [3.8, 4) is 5.75 Å². The Labute approximate surface area is 109 Å². The molecule has 0 aromatic heterocycles. The van der Waals surface area contributed by atoms with Crippen LogP contribution in [0.1, 0.15) is 24.2 Å². The lowest BCUT2D eigenvalue weighted by atomic mass is 10.0. The van der Waals surface area contributed by atoms with Crippen molar-refractivity contribution in [1.29, 1.82) is 0 Å². The second kappa shape index (κ2) is 6.02. The minimum atomic E-state index is -0.312. The van der Waals surface area contributed by atoms with Gasteiger partial charge in [-0.2, -0.15) is 0 Å². The van der Waals surface area contributed by atoms with Crippen LogP contribution in [0.2, 0.25) is 0 Å². The van der Waals surface area contributed by atoms with Crippen LogP contribution in [0.25, 0.3) is 0 Å². The summed E-state index contributed by atoms with van der Waals surface area (Å²) in [5, 5.41) is 12.4. The van der Waals surface area contributed by atoms with Gasteiger partial charge in [-0.15, -0.1) is 0 Å². The van der Waals surface area contributed by atoms with Crippen LogP contribution in [0, 0.1) is 5.92 Å². The largest absolute Gasteiger partial charge is 0.507 e. The van der Waals surface area contributed by atoms with Crippen molar-refractivity contribution >= 4 is 21.8 Å². The Hall–Kier alpha value is -1.07. The van der Waals surface area contributed by atoms with Gasteiger partial charge in [0, 0.05) is 17.1 Å². The van der Waals surface area contributed by atoms with Crippen molar-refractivity contribution in [2.45, 2.75) is 19.9 Å². The minimum absolute atomic E-state index is 0.0368. The lowest BCUT2D eigenvalue weighted by Crippen LogP contribution is -2.43. The number of halogens is 1. The molecule has 5 heteroatoms. The highest BCUT2D eigenvalue weighted by Gasteiger charge is 2.17. The lowest BCUT2D eigenvalue weighted by Gasteiger charge is -2.20. The standard InChI is InChI=1S/C12H17BrN2O2/c1-7(2)10(6-14)15-12(17)9-5-8(13)3-4-11(9)16/h3-5,7,10,16H,6,14H2,1-2H3,(H,15,17). The predicted octanol–water partition coefficient (Wildman–Crippen LogP) is 1.87. The smallest absolute Gasteiger partial charge is 0.255 e. The van der Waals surface area contributed by atoms with Crippen molar-refractivity contribution in [3.05, 3.63) is 28.2 Å². The van der Waals surface area contributed by atoms with Crippen LogP contribution in [-0.4, -0.2) is 23.6 Å². The van der Waals surface area contributed by atoms with Crippen LogP contribution < -0.4 is 11.1 Å². The molecule has 1 amide bonds. The predicted molar refractivity (Wildman–Crippen MR) is 71.0 cm³/mol. The Morgan fingerprint density at radius 1 is 1.53 bits per heavy atom. The first kappa shape index (κ1) is 14.0. The summed E-state index contributed by atoms with van der Waals surface area (Å²) < 4.78 is 0.745. The maximum absolute atomic E-state index is 11.9. The second-order valence-corrected chi connectivity index (χ2v) is 5.14. The molecule has 0 bridgehead atoms. The van der Waals surface area contributed by atoms with Crippen LogP contribution >= 0.6 is 15.9 Å². The van der Waals surface area contributed by atoms with E-state index < -0.39 is 0 Å². The van der Waals surface area contributed by atoms with Gasteiger partial charge in [0.05, 0.1) is 5.56 Å². The van der Waals surface area contributed by atoms with E-state index in [1.54, 1.807) is 12.1 Å². The third kappa shape index (κ3) is 3.71. The Kier molecular flexibility index (Phi) is 4.96. The molecule has 0 saturated heterocycles. The molecule has 1 aromatic rings. The molecule has 0 spiro atoms. The van der Waals surface area contributed by atoms with Gasteiger partial charge < -0.3 is 16.2 Å². The summed E-state index contributed by atoms with van der Waals surface area (Å²) in [5.41, 5.74) is 5.83. The molecule has 0 saturated carbocycles. The molecule has 1 atom stereocenters. The van der Waals surface area contributed by atoms with Crippen LogP contribution in [0.4, 0.5) is 0 Å². The highest BCUT2D eigenvalue weighted by molar-refractivity contribution is 9.10. The molecule has 1 rings (SSSR count). The van der Waals surface area contributed by atoms with Gasteiger partial charge in [0.1, 0.15) is 5.75 Å². The highest BCUT2D eigenvalue weighted by Crippen LogP contribution is 2.21. The molecule has 4 N–H and O–H groups in total. The summed E-state index contributed by atoms with van der Waals surface area (Å²) >= 11 is 3.26. The van der Waals surface area contributed by atoms with Crippen molar-refractivity contribution in [3.63, 3.8) is 0 Å². The van der Waals surface area contributed by atoms with Gasteiger partial charge in [0.25, 0.3) is 5.91 Å². The lowest BCUT2D eigenvalue weighted by molar-refractivity contribution is 0.0925. The van der Waals surface area contributed by atoms with Gasteiger partial charge in [-0.25, -0.2) is 0 Å². The number of benzene rings is 1. The van der Waals surface area contributed by atoms with Crippen molar-refractivity contribution in [2.24, 2.45) is 11.7 Å². The molecule has 0 radical (unpaired) electrons. The number of nitrogens with one attached hydrogen (secondary N) is 1. The second-order valence-electron chi connectivity index (χ2n) is 4.22. The molecular formula is C12H17BrN2O2. The summed E-state index contributed by atoms with van der Waals surface area (Å²) in [6, 6.07) is 4.64. The number of phenols is 1. The van der Waals surface area contributed by atoms with E-state index in [9.17, 15) is 9.90 Å². The van der Waals surface area contributed by atoms with Crippen molar-refractivity contribution < 1.29 is 9.90 Å². The minimum Gasteiger partial charge on any atom is -0.507 e. The number of hydrogen-bond donors (Lipinski definition) is 3. The van der Waals surface area contributed by atoms with E-state index in [-0.39, 0.29) is 29.2 Å². The van der Waals surface area contributed by atoms with E-state index >= 15 is 0 Å². The quantitative estimate of drug-likeness (QED) is 0.794. The third-order valence-corrected chi connectivity index (χ3v) is 3.07.